The van der Waals surface area contributed by atoms with E-state index in [0.29, 0.717) is 18.7 Å². The molecule has 0 bridgehead atoms. The third-order valence-corrected chi connectivity index (χ3v) is 9.42. The van der Waals surface area contributed by atoms with Gasteiger partial charge in [0.25, 0.3) is 10.0 Å². The van der Waals surface area contributed by atoms with Crippen molar-refractivity contribution < 1.29 is 18.0 Å². The smallest absolute Gasteiger partial charge is 0.264 e. The predicted octanol–water partition coefficient (Wildman–Crippen LogP) is 6.17. The highest BCUT2D eigenvalue weighted by Crippen LogP contribution is 2.28. The zero-order valence-electron chi connectivity index (χ0n) is 26.5. The summed E-state index contributed by atoms with van der Waals surface area (Å²) >= 11 is 0. The summed E-state index contributed by atoms with van der Waals surface area (Å²) < 4.78 is 29.6. The minimum atomic E-state index is -4.14. The van der Waals surface area contributed by atoms with Gasteiger partial charge in [-0.1, -0.05) is 117 Å². The van der Waals surface area contributed by atoms with Gasteiger partial charge in [0, 0.05) is 19.5 Å². The van der Waals surface area contributed by atoms with E-state index in [1.54, 1.807) is 35.2 Å². The van der Waals surface area contributed by atoms with Gasteiger partial charge in [0.1, 0.15) is 12.6 Å². The van der Waals surface area contributed by atoms with Crippen LogP contribution in [0.1, 0.15) is 43.0 Å². The normalized spacial score (nSPS) is 12.0. The van der Waals surface area contributed by atoms with Crippen molar-refractivity contribution in [1.82, 2.24) is 10.2 Å². The number of carbonyl (C=O) groups excluding carboxylic acids is 2. The van der Waals surface area contributed by atoms with E-state index < -0.39 is 28.5 Å². The molecule has 7 nitrogen and oxygen atoms in total. The number of carbonyl (C=O) groups is 2. The predicted molar refractivity (Wildman–Crippen MR) is 180 cm³/mol. The molecule has 0 aliphatic carbocycles. The molecule has 1 atom stereocenters. The van der Waals surface area contributed by atoms with Crippen LogP contribution in [0.4, 0.5) is 5.69 Å². The minimum Gasteiger partial charge on any atom is -0.354 e. The molecular weight excluding hydrogens is 582 g/mol. The summed E-state index contributed by atoms with van der Waals surface area (Å²) in [6.45, 7) is 8.08. The van der Waals surface area contributed by atoms with Gasteiger partial charge in [-0.15, -0.1) is 0 Å². The first kappa shape index (κ1) is 33.5. The number of hydrogen-bond donors (Lipinski definition) is 1. The van der Waals surface area contributed by atoms with Crippen molar-refractivity contribution in [1.29, 1.82) is 0 Å². The average molecular weight is 626 g/mol. The van der Waals surface area contributed by atoms with Crippen LogP contribution in [0.15, 0.2) is 114 Å². The quantitative estimate of drug-likeness (QED) is 0.182. The molecule has 236 valence electrons. The summed E-state index contributed by atoms with van der Waals surface area (Å²) in [6, 6.07) is 31.9. The van der Waals surface area contributed by atoms with Crippen LogP contribution in [0.5, 0.6) is 0 Å². The first-order valence-corrected chi connectivity index (χ1v) is 16.9. The van der Waals surface area contributed by atoms with Crippen LogP contribution in [-0.2, 0) is 39.0 Å². The molecule has 0 aromatic heterocycles. The summed E-state index contributed by atoms with van der Waals surface area (Å²) in [4.78, 5) is 30.1. The van der Waals surface area contributed by atoms with Crippen LogP contribution >= 0.6 is 0 Å². The van der Waals surface area contributed by atoms with Crippen molar-refractivity contribution in [3.05, 3.63) is 131 Å². The van der Waals surface area contributed by atoms with Gasteiger partial charge in [-0.05, 0) is 54.2 Å². The van der Waals surface area contributed by atoms with Crippen molar-refractivity contribution in [2.75, 3.05) is 17.4 Å². The molecule has 0 spiro atoms. The Morgan fingerprint density at radius 3 is 2.07 bits per heavy atom. The Hall–Kier alpha value is -4.43. The number of sulfonamides is 1. The molecule has 0 radical (unpaired) electrons. The van der Waals surface area contributed by atoms with Crippen LogP contribution < -0.4 is 9.62 Å². The maximum Gasteiger partial charge on any atom is 0.264 e. The Bertz CT molecular complexity index is 1670. The first-order valence-electron chi connectivity index (χ1n) is 15.4. The van der Waals surface area contributed by atoms with E-state index in [9.17, 15) is 18.0 Å². The molecule has 0 heterocycles. The van der Waals surface area contributed by atoms with Gasteiger partial charge in [0.2, 0.25) is 11.8 Å². The number of benzene rings is 4. The Kier molecular flexibility index (Phi) is 11.5. The largest absolute Gasteiger partial charge is 0.354 e. The Morgan fingerprint density at radius 1 is 0.800 bits per heavy atom. The second kappa shape index (κ2) is 15.5. The lowest BCUT2D eigenvalue weighted by Crippen LogP contribution is -2.53. The molecule has 1 N–H and O–H groups in total. The summed E-state index contributed by atoms with van der Waals surface area (Å²) in [5.74, 6) is -0.535. The van der Waals surface area contributed by atoms with Crippen LogP contribution in [-0.4, -0.2) is 44.3 Å². The van der Waals surface area contributed by atoms with Gasteiger partial charge in [-0.2, -0.15) is 0 Å². The van der Waals surface area contributed by atoms with Crippen LogP contribution in [0.2, 0.25) is 0 Å². The Morgan fingerprint density at radius 2 is 1.42 bits per heavy atom. The molecule has 0 fully saturated rings. The fourth-order valence-corrected chi connectivity index (χ4v) is 6.74. The van der Waals surface area contributed by atoms with Crippen molar-refractivity contribution >= 4 is 27.5 Å². The standard InChI is InChI=1S/C37H43N3O4S/c1-5-32-19-12-13-22-34(32)40(45(43,44)33-20-10-7-11-21-33)27-36(41)39(26-31-18-14-15-29(4)23-31)35(37(42)38-25-28(2)3)24-30-16-8-6-9-17-30/h6-23,28,35H,5,24-27H2,1-4H3,(H,38,42)/t35-/m1/s1. The highest BCUT2D eigenvalue weighted by atomic mass is 32.2. The van der Waals surface area contributed by atoms with E-state index in [1.165, 1.54) is 16.4 Å². The highest BCUT2D eigenvalue weighted by Gasteiger charge is 2.35. The number of rotatable bonds is 14. The third-order valence-electron chi connectivity index (χ3n) is 7.64. The SMILES string of the molecule is CCc1ccccc1N(CC(=O)N(Cc1cccc(C)c1)[C@H](Cc1ccccc1)C(=O)NCC(C)C)S(=O)(=O)c1ccccc1. The van der Waals surface area contributed by atoms with E-state index in [0.717, 1.165) is 22.3 Å². The number of aryl methyl sites for hydroxylation is 2. The molecule has 8 heteroatoms. The highest BCUT2D eigenvalue weighted by molar-refractivity contribution is 7.92. The van der Waals surface area contributed by atoms with Crippen LogP contribution in [0, 0.1) is 12.8 Å². The van der Waals surface area contributed by atoms with Gasteiger partial charge >= 0.3 is 0 Å². The van der Waals surface area contributed by atoms with E-state index in [4.69, 9.17) is 0 Å². The fraction of sp³-hybridized carbons (Fsp3) is 0.297. The van der Waals surface area contributed by atoms with Crippen molar-refractivity contribution in [3.8, 4) is 0 Å². The number of hydrogen-bond acceptors (Lipinski definition) is 4. The fourth-order valence-electron chi connectivity index (χ4n) is 5.27. The van der Waals surface area contributed by atoms with E-state index in [1.807, 2.05) is 94.4 Å². The van der Waals surface area contributed by atoms with Crippen molar-refractivity contribution in [3.63, 3.8) is 0 Å². The first-order chi connectivity index (χ1) is 21.6. The number of para-hydroxylation sites is 1. The zero-order chi connectivity index (χ0) is 32.4. The maximum atomic E-state index is 14.6. The van der Waals surface area contributed by atoms with Crippen LogP contribution in [0.25, 0.3) is 0 Å². The Balaban J connectivity index is 1.82. The van der Waals surface area contributed by atoms with Gasteiger partial charge in [-0.25, -0.2) is 8.42 Å². The molecule has 0 saturated heterocycles. The van der Waals surface area contributed by atoms with E-state index in [-0.39, 0.29) is 29.7 Å². The molecule has 0 aliphatic heterocycles. The molecule has 0 aliphatic rings. The van der Waals surface area contributed by atoms with E-state index >= 15 is 0 Å². The summed E-state index contributed by atoms with van der Waals surface area (Å²) in [5.41, 5.74) is 4.01. The lowest BCUT2D eigenvalue weighted by molar-refractivity contribution is -0.140. The second-order valence-electron chi connectivity index (χ2n) is 11.7. The van der Waals surface area contributed by atoms with Gasteiger partial charge in [-0.3, -0.25) is 13.9 Å². The second-order valence-corrected chi connectivity index (χ2v) is 13.5. The molecule has 4 aromatic carbocycles. The van der Waals surface area contributed by atoms with Crippen molar-refractivity contribution in [2.24, 2.45) is 5.92 Å². The summed E-state index contributed by atoms with van der Waals surface area (Å²) in [6.07, 6.45) is 0.853. The monoisotopic (exact) mass is 625 g/mol. The number of anilines is 1. The summed E-state index contributed by atoms with van der Waals surface area (Å²) in [7, 11) is -4.14. The van der Waals surface area contributed by atoms with Gasteiger partial charge in [0.15, 0.2) is 0 Å². The molecule has 2 amide bonds. The minimum absolute atomic E-state index is 0.0875. The van der Waals surface area contributed by atoms with Gasteiger partial charge in [0.05, 0.1) is 10.6 Å². The lowest BCUT2D eigenvalue weighted by atomic mass is 10.0. The maximum absolute atomic E-state index is 14.6. The molecule has 4 aromatic rings. The molecule has 45 heavy (non-hydrogen) atoms. The molecular formula is C37H43N3O4S. The molecule has 0 unspecified atom stereocenters. The average Bonchev–Trinajstić information content (AvgIpc) is 3.04. The Labute approximate surface area is 268 Å². The number of nitrogens with zero attached hydrogens (tertiary/aromatic N) is 2. The third kappa shape index (κ3) is 8.82. The van der Waals surface area contributed by atoms with E-state index in [2.05, 4.69) is 5.32 Å². The number of nitrogens with one attached hydrogen (secondary N) is 1. The van der Waals surface area contributed by atoms with Gasteiger partial charge < -0.3 is 10.2 Å². The summed E-state index contributed by atoms with van der Waals surface area (Å²) in [5, 5.41) is 3.03. The topological polar surface area (TPSA) is 86.8 Å². The van der Waals surface area contributed by atoms with Crippen molar-refractivity contribution in [2.45, 2.75) is 58.0 Å². The number of amides is 2. The zero-order valence-corrected chi connectivity index (χ0v) is 27.3. The van der Waals surface area contributed by atoms with Crippen LogP contribution in [0.3, 0.4) is 0 Å². The lowest BCUT2D eigenvalue weighted by Gasteiger charge is -2.34. The molecule has 4 rings (SSSR count). The molecule has 0 saturated carbocycles.